The number of hydrogen-bond donors (Lipinski definition) is 2. The molecule has 0 heterocycles. The molecule has 1 unspecified atom stereocenters. The lowest BCUT2D eigenvalue weighted by atomic mass is 10.0. The molecule has 0 aliphatic heterocycles. The van der Waals surface area contributed by atoms with E-state index in [0.717, 1.165) is 32.1 Å². The molecule has 0 amide bonds. The average Bonchev–Trinajstić information content (AvgIpc) is 3.34. The van der Waals surface area contributed by atoms with Crippen molar-refractivity contribution in [2.75, 3.05) is 33.0 Å². The lowest BCUT2D eigenvalue weighted by Gasteiger charge is -2.20. The Balaban J connectivity index is 3.65. The second-order valence-corrected chi connectivity index (χ2v) is 22.7. The number of phosphoric acid groups is 1. The van der Waals surface area contributed by atoms with Gasteiger partial charge in [0.2, 0.25) is 0 Å². The molecule has 3 N–H and O–H groups in total. The zero-order valence-corrected chi connectivity index (χ0v) is 47.5. The third kappa shape index (κ3) is 58.3. The molecule has 0 saturated heterocycles. The second-order valence-electron chi connectivity index (χ2n) is 21.3. The minimum Gasteiger partial charge on any atom is -0.457 e. The fourth-order valence-corrected chi connectivity index (χ4v) is 10.5. The van der Waals surface area contributed by atoms with E-state index < -0.39 is 13.9 Å². The summed E-state index contributed by atoms with van der Waals surface area (Å²) in [6.45, 7) is 5.02. The monoisotopic (exact) mass is 1000 g/mol. The molecule has 0 rings (SSSR count). The molecule has 0 saturated carbocycles. The first kappa shape index (κ1) is 68.5. The van der Waals surface area contributed by atoms with Crippen LogP contribution < -0.4 is 5.73 Å². The molecule has 0 fully saturated rings. The number of nitrogens with two attached hydrogens (primary N) is 1. The minimum absolute atomic E-state index is 0.0897. The van der Waals surface area contributed by atoms with Gasteiger partial charge in [0, 0.05) is 19.6 Å². The number of carbonyl (C=O) groups excluding carboxylic acids is 1. The van der Waals surface area contributed by atoms with Crippen molar-refractivity contribution in [3.05, 3.63) is 0 Å². The van der Waals surface area contributed by atoms with Gasteiger partial charge >= 0.3 is 13.8 Å². The van der Waals surface area contributed by atoms with E-state index in [0.29, 0.717) is 13.0 Å². The molecule has 69 heavy (non-hydrogen) atoms. The van der Waals surface area contributed by atoms with E-state index in [4.69, 9.17) is 24.3 Å². The molecule has 0 aliphatic rings. The predicted molar refractivity (Wildman–Crippen MR) is 298 cm³/mol. The highest BCUT2D eigenvalue weighted by Crippen LogP contribution is 2.43. The van der Waals surface area contributed by atoms with Crippen LogP contribution in [-0.4, -0.2) is 49.9 Å². The zero-order chi connectivity index (χ0) is 50.1. The second kappa shape index (κ2) is 58.4. The summed E-state index contributed by atoms with van der Waals surface area (Å²) >= 11 is 0. The van der Waals surface area contributed by atoms with Crippen LogP contribution in [-0.2, 0) is 27.9 Å². The maximum absolute atomic E-state index is 12.7. The number of esters is 1. The van der Waals surface area contributed by atoms with Gasteiger partial charge in [0.1, 0.15) is 6.10 Å². The Morgan fingerprint density at radius 3 is 0.913 bits per heavy atom. The fraction of sp³-hybridized carbons (Fsp3) is 0.983. The van der Waals surface area contributed by atoms with E-state index in [2.05, 4.69) is 13.8 Å². The molecule has 0 radical (unpaired) electrons. The molecule has 0 aromatic carbocycles. The summed E-state index contributed by atoms with van der Waals surface area (Å²) in [6, 6.07) is 0. The molecule has 0 spiro atoms. The van der Waals surface area contributed by atoms with E-state index in [1.54, 1.807) is 0 Å². The SMILES string of the molecule is CCCCCCCCCCCCCCCCCCCCCCCCCCCCCCCCCCCCCCC(=O)O[C@H](COCCCCCCCCCCCCCCCC)COP(=O)(O)OCCN. The summed E-state index contributed by atoms with van der Waals surface area (Å²) in [5, 5.41) is 0. The molecule has 2 atom stereocenters. The van der Waals surface area contributed by atoms with Gasteiger partial charge in [-0.1, -0.05) is 322 Å². The lowest BCUT2D eigenvalue weighted by molar-refractivity contribution is -0.154. The fourth-order valence-electron chi connectivity index (χ4n) is 9.71. The number of unbranched alkanes of at least 4 members (excludes halogenated alkanes) is 48. The number of carbonyl (C=O) groups is 1. The first-order valence-electron chi connectivity index (χ1n) is 31.0. The summed E-state index contributed by atoms with van der Waals surface area (Å²) in [5.41, 5.74) is 5.40. The highest BCUT2D eigenvalue weighted by Gasteiger charge is 2.25. The van der Waals surface area contributed by atoms with Crippen molar-refractivity contribution in [3.63, 3.8) is 0 Å². The van der Waals surface area contributed by atoms with Gasteiger partial charge in [-0.05, 0) is 12.8 Å². The Morgan fingerprint density at radius 2 is 0.638 bits per heavy atom. The number of hydrogen-bond acceptors (Lipinski definition) is 7. The Morgan fingerprint density at radius 1 is 0.377 bits per heavy atom. The summed E-state index contributed by atoms with van der Waals surface area (Å²) in [5.74, 6) is -0.319. The summed E-state index contributed by atoms with van der Waals surface area (Å²) in [7, 11) is -4.28. The topological polar surface area (TPSA) is 117 Å². The van der Waals surface area contributed by atoms with E-state index in [-0.39, 0.29) is 32.3 Å². The first-order chi connectivity index (χ1) is 33.9. The largest absolute Gasteiger partial charge is 0.472 e. The summed E-state index contributed by atoms with van der Waals surface area (Å²) < 4.78 is 33.7. The molecular weight excluding hydrogens is 878 g/mol. The molecule has 0 aliphatic carbocycles. The maximum Gasteiger partial charge on any atom is 0.472 e. The van der Waals surface area contributed by atoms with Crippen molar-refractivity contribution < 1.29 is 32.8 Å². The van der Waals surface area contributed by atoms with Gasteiger partial charge in [0.15, 0.2) is 0 Å². The Bertz CT molecular complexity index is 1030. The van der Waals surface area contributed by atoms with Crippen LogP contribution in [0, 0.1) is 0 Å². The van der Waals surface area contributed by atoms with E-state index in [9.17, 15) is 14.3 Å². The quantitative estimate of drug-likeness (QED) is 0.0351. The minimum atomic E-state index is -4.28. The van der Waals surface area contributed by atoms with Crippen LogP contribution in [0.15, 0.2) is 0 Å². The normalized spacial score (nSPS) is 13.0. The number of ether oxygens (including phenoxy) is 2. The van der Waals surface area contributed by atoms with Gasteiger partial charge in [0.25, 0.3) is 0 Å². The van der Waals surface area contributed by atoms with Crippen molar-refractivity contribution in [2.24, 2.45) is 5.73 Å². The van der Waals surface area contributed by atoms with Crippen molar-refractivity contribution in [3.8, 4) is 0 Å². The van der Waals surface area contributed by atoms with Gasteiger partial charge in [-0.2, -0.15) is 0 Å². The van der Waals surface area contributed by atoms with Crippen molar-refractivity contribution in [2.45, 2.75) is 347 Å². The first-order valence-corrected chi connectivity index (χ1v) is 32.5. The molecule has 0 aromatic heterocycles. The molecule has 9 heteroatoms. The van der Waals surface area contributed by atoms with E-state index in [1.165, 1.54) is 289 Å². The average molecular weight is 1000 g/mol. The molecule has 414 valence electrons. The molecule has 8 nitrogen and oxygen atoms in total. The number of rotatable bonds is 61. The Hall–Kier alpha value is -0.500. The molecule has 0 bridgehead atoms. The number of phosphoric ester groups is 1. The summed E-state index contributed by atoms with van der Waals surface area (Å²) in [4.78, 5) is 22.6. The zero-order valence-electron chi connectivity index (χ0n) is 46.6. The van der Waals surface area contributed by atoms with Crippen molar-refractivity contribution in [1.29, 1.82) is 0 Å². The Kier molecular flexibility index (Phi) is 58.0. The summed E-state index contributed by atoms with van der Waals surface area (Å²) in [6.07, 6.45) is 67.7. The lowest BCUT2D eigenvalue weighted by Crippen LogP contribution is -2.28. The maximum atomic E-state index is 12.7. The van der Waals surface area contributed by atoms with Gasteiger partial charge in [-0.25, -0.2) is 4.57 Å². The van der Waals surface area contributed by atoms with Crippen LogP contribution in [0.3, 0.4) is 0 Å². The third-order valence-corrected chi connectivity index (χ3v) is 15.3. The van der Waals surface area contributed by atoms with Crippen LogP contribution in [0.4, 0.5) is 0 Å². The molecule has 0 aromatic rings. The van der Waals surface area contributed by atoms with Crippen LogP contribution in [0.25, 0.3) is 0 Å². The van der Waals surface area contributed by atoms with Crippen molar-refractivity contribution >= 4 is 13.8 Å². The van der Waals surface area contributed by atoms with E-state index >= 15 is 0 Å². The van der Waals surface area contributed by atoms with Gasteiger partial charge in [0.05, 0.1) is 19.8 Å². The molecular formula is C60H122NO7P. The van der Waals surface area contributed by atoms with Crippen LogP contribution in [0.1, 0.15) is 341 Å². The predicted octanol–water partition coefficient (Wildman–Crippen LogP) is 19.9. The third-order valence-electron chi connectivity index (χ3n) is 14.3. The van der Waals surface area contributed by atoms with E-state index in [1.807, 2.05) is 0 Å². The van der Waals surface area contributed by atoms with Gasteiger partial charge in [-0.3, -0.25) is 13.8 Å². The van der Waals surface area contributed by atoms with Gasteiger partial charge < -0.3 is 20.1 Å². The van der Waals surface area contributed by atoms with Crippen LogP contribution in [0.2, 0.25) is 0 Å². The highest BCUT2D eigenvalue weighted by atomic mass is 31.2. The van der Waals surface area contributed by atoms with Gasteiger partial charge in [-0.15, -0.1) is 0 Å². The van der Waals surface area contributed by atoms with Crippen LogP contribution >= 0.6 is 7.82 Å². The van der Waals surface area contributed by atoms with Crippen LogP contribution in [0.5, 0.6) is 0 Å². The smallest absolute Gasteiger partial charge is 0.457 e. The Labute approximate surface area is 431 Å². The van der Waals surface area contributed by atoms with Crippen molar-refractivity contribution in [1.82, 2.24) is 0 Å². The standard InChI is InChI=1S/C60H122NO7P/c1-3-5-7-9-11-13-15-17-19-20-21-22-23-24-25-26-27-28-29-30-31-32-33-34-35-36-37-38-39-40-41-43-45-47-49-51-53-60(62)68-59(58-67-69(63,64)66-56-54-61)57-65-55-52-50-48-46-44-42-18-16-14-12-10-8-6-4-2/h59H,3-58,61H2,1-2H3,(H,63,64)/t59-/m1/s1. The highest BCUT2D eigenvalue weighted by molar-refractivity contribution is 7.47.